The SMILES string of the molecule is CN1C(=O)C2C(N=C(CN3CCOCC3)N2Cc2ccccc2)N(C)C1=O. The van der Waals surface area contributed by atoms with E-state index in [0.717, 1.165) is 24.5 Å². The molecule has 8 nitrogen and oxygen atoms in total. The molecule has 0 saturated carbocycles. The fourth-order valence-corrected chi connectivity index (χ4v) is 3.88. The minimum Gasteiger partial charge on any atom is -0.379 e. The van der Waals surface area contributed by atoms with Crippen molar-refractivity contribution in [3.63, 3.8) is 0 Å². The Morgan fingerprint density at radius 1 is 1.07 bits per heavy atom. The van der Waals surface area contributed by atoms with Gasteiger partial charge in [0.1, 0.15) is 5.84 Å². The molecule has 1 aromatic rings. The van der Waals surface area contributed by atoms with Gasteiger partial charge in [-0.15, -0.1) is 0 Å². The molecular formula is C19H25N5O3. The minimum atomic E-state index is -0.478. The molecule has 144 valence electrons. The summed E-state index contributed by atoms with van der Waals surface area (Å²) >= 11 is 0. The molecule has 8 heteroatoms. The molecule has 1 aromatic carbocycles. The lowest BCUT2D eigenvalue weighted by atomic mass is 10.1. The van der Waals surface area contributed by atoms with Crippen LogP contribution in [-0.4, -0.2) is 96.5 Å². The number of hydrogen-bond donors (Lipinski definition) is 0. The fourth-order valence-electron chi connectivity index (χ4n) is 3.88. The largest absolute Gasteiger partial charge is 0.379 e. The van der Waals surface area contributed by atoms with E-state index >= 15 is 0 Å². The predicted molar refractivity (Wildman–Crippen MR) is 100 cm³/mol. The lowest BCUT2D eigenvalue weighted by Gasteiger charge is -2.40. The molecule has 2 atom stereocenters. The summed E-state index contributed by atoms with van der Waals surface area (Å²) in [5.41, 5.74) is 1.11. The lowest BCUT2D eigenvalue weighted by Crippen LogP contribution is -2.64. The Balaban J connectivity index is 1.63. The molecular weight excluding hydrogens is 346 g/mol. The Morgan fingerprint density at radius 3 is 2.48 bits per heavy atom. The van der Waals surface area contributed by atoms with Crippen molar-refractivity contribution in [1.82, 2.24) is 19.6 Å². The minimum absolute atomic E-state index is 0.195. The number of fused-ring (bicyclic) bond motifs is 1. The summed E-state index contributed by atoms with van der Waals surface area (Å²) < 4.78 is 5.43. The maximum atomic E-state index is 12.9. The summed E-state index contributed by atoms with van der Waals surface area (Å²) in [7, 11) is 3.25. The van der Waals surface area contributed by atoms with Gasteiger partial charge in [-0.3, -0.25) is 14.6 Å². The van der Waals surface area contributed by atoms with Crippen LogP contribution in [0.25, 0.3) is 0 Å². The number of nitrogens with zero attached hydrogens (tertiary/aromatic N) is 5. The monoisotopic (exact) mass is 371 g/mol. The number of likely N-dealkylation sites (N-methyl/N-ethyl adjacent to an activating group) is 2. The molecule has 0 spiro atoms. The molecule has 27 heavy (non-hydrogen) atoms. The third-order valence-corrected chi connectivity index (χ3v) is 5.46. The summed E-state index contributed by atoms with van der Waals surface area (Å²) in [4.78, 5) is 37.2. The van der Waals surface area contributed by atoms with E-state index in [9.17, 15) is 9.59 Å². The Bertz CT molecular complexity index is 747. The van der Waals surface area contributed by atoms with Gasteiger partial charge in [-0.1, -0.05) is 30.3 Å². The van der Waals surface area contributed by atoms with Crippen LogP contribution in [-0.2, 0) is 16.1 Å². The topological polar surface area (TPSA) is 68.7 Å². The average Bonchev–Trinajstić information content (AvgIpc) is 3.04. The van der Waals surface area contributed by atoms with Gasteiger partial charge in [-0.2, -0.15) is 0 Å². The van der Waals surface area contributed by atoms with Crippen LogP contribution in [0, 0.1) is 0 Å². The number of carbonyl (C=O) groups is 2. The summed E-state index contributed by atoms with van der Waals surface area (Å²) in [6, 6.07) is 9.27. The van der Waals surface area contributed by atoms with E-state index in [-0.39, 0.29) is 11.9 Å². The van der Waals surface area contributed by atoms with Crippen molar-refractivity contribution in [2.45, 2.75) is 18.8 Å². The van der Waals surface area contributed by atoms with Crippen LogP contribution in [0.1, 0.15) is 5.56 Å². The molecule has 0 aliphatic carbocycles. The summed E-state index contributed by atoms with van der Waals surface area (Å²) in [5, 5.41) is 0. The predicted octanol–water partition coefficient (Wildman–Crippen LogP) is 0.451. The number of rotatable bonds is 4. The number of amides is 3. The zero-order valence-electron chi connectivity index (χ0n) is 15.7. The van der Waals surface area contributed by atoms with Crippen molar-refractivity contribution < 1.29 is 14.3 Å². The highest BCUT2D eigenvalue weighted by Crippen LogP contribution is 2.29. The third-order valence-electron chi connectivity index (χ3n) is 5.46. The van der Waals surface area contributed by atoms with E-state index in [1.54, 1.807) is 11.9 Å². The highest BCUT2D eigenvalue weighted by Gasteiger charge is 2.50. The standard InChI is InChI=1S/C19H25N5O3/c1-21-17-16(18(25)22(2)19(21)26)24(12-14-6-4-3-5-7-14)15(20-17)13-23-8-10-27-11-9-23/h3-7,16-17H,8-13H2,1-2H3. The first-order valence-corrected chi connectivity index (χ1v) is 9.28. The molecule has 3 aliphatic heterocycles. The van der Waals surface area contributed by atoms with Crippen LogP contribution in [0.5, 0.6) is 0 Å². The van der Waals surface area contributed by atoms with Gasteiger partial charge in [0, 0.05) is 33.7 Å². The van der Waals surface area contributed by atoms with Crippen LogP contribution in [0.15, 0.2) is 35.3 Å². The van der Waals surface area contributed by atoms with Crippen LogP contribution < -0.4 is 0 Å². The van der Waals surface area contributed by atoms with E-state index < -0.39 is 12.2 Å². The Hall–Kier alpha value is -2.45. The van der Waals surface area contributed by atoms with Crippen LogP contribution in [0.4, 0.5) is 4.79 Å². The molecule has 4 rings (SSSR count). The summed E-state index contributed by atoms with van der Waals surface area (Å²) in [6.45, 7) is 4.35. The zero-order valence-corrected chi connectivity index (χ0v) is 15.7. The van der Waals surface area contributed by atoms with Crippen LogP contribution >= 0.6 is 0 Å². The number of urea groups is 1. The van der Waals surface area contributed by atoms with Crippen molar-refractivity contribution in [3.8, 4) is 0 Å². The van der Waals surface area contributed by atoms with E-state index in [1.165, 1.54) is 11.9 Å². The molecule has 0 N–H and O–H groups in total. The van der Waals surface area contributed by atoms with Gasteiger partial charge in [-0.25, -0.2) is 9.79 Å². The second-order valence-corrected chi connectivity index (χ2v) is 7.20. The molecule has 2 fully saturated rings. The number of aliphatic imine (C=N–C) groups is 1. The molecule has 2 unspecified atom stereocenters. The smallest absolute Gasteiger partial charge is 0.328 e. The van der Waals surface area contributed by atoms with Crippen molar-refractivity contribution in [2.24, 2.45) is 4.99 Å². The molecule has 0 aromatic heterocycles. The molecule has 2 saturated heterocycles. The first-order valence-electron chi connectivity index (χ1n) is 9.28. The van der Waals surface area contributed by atoms with E-state index in [2.05, 4.69) is 9.80 Å². The van der Waals surface area contributed by atoms with Crippen molar-refractivity contribution >= 4 is 17.8 Å². The number of morpholine rings is 1. The summed E-state index contributed by atoms with van der Waals surface area (Å²) in [6.07, 6.45) is -0.471. The number of imide groups is 1. The van der Waals surface area contributed by atoms with Crippen molar-refractivity contribution in [3.05, 3.63) is 35.9 Å². The van der Waals surface area contributed by atoms with Gasteiger partial charge < -0.3 is 14.5 Å². The van der Waals surface area contributed by atoms with Gasteiger partial charge in [0.05, 0.1) is 19.8 Å². The highest BCUT2D eigenvalue weighted by atomic mass is 16.5. The Kier molecular flexibility index (Phi) is 4.84. The van der Waals surface area contributed by atoms with Gasteiger partial charge in [-0.05, 0) is 5.56 Å². The molecule has 3 amide bonds. The van der Waals surface area contributed by atoms with E-state index in [1.807, 2.05) is 30.3 Å². The number of hydrogen-bond acceptors (Lipinski definition) is 6. The second kappa shape index (κ2) is 7.28. The van der Waals surface area contributed by atoms with Crippen LogP contribution in [0.3, 0.4) is 0 Å². The molecule has 0 radical (unpaired) electrons. The lowest BCUT2D eigenvalue weighted by molar-refractivity contribution is -0.136. The first-order chi connectivity index (χ1) is 13.1. The number of benzene rings is 1. The third kappa shape index (κ3) is 3.30. The van der Waals surface area contributed by atoms with Gasteiger partial charge in [0.25, 0.3) is 5.91 Å². The second-order valence-electron chi connectivity index (χ2n) is 7.20. The number of ether oxygens (including phenoxy) is 1. The van der Waals surface area contributed by atoms with Crippen molar-refractivity contribution in [2.75, 3.05) is 46.9 Å². The number of carbonyl (C=O) groups excluding carboxylic acids is 2. The molecule has 3 heterocycles. The Labute approximate surface area is 159 Å². The quantitative estimate of drug-likeness (QED) is 0.769. The number of amidine groups is 1. The summed E-state index contributed by atoms with van der Waals surface area (Å²) in [5.74, 6) is 0.666. The van der Waals surface area contributed by atoms with E-state index in [4.69, 9.17) is 9.73 Å². The highest BCUT2D eigenvalue weighted by molar-refractivity contribution is 6.04. The fraction of sp³-hybridized carbons (Fsp3) is 0.526. The van der Waals surface area contributed by atoms with Gasteiger partial charge >= 0.3 is 6.03 Å². The molecule has 0 bridgehead atoms. The maximum Gasteiger partial charge on any atom is 0.328 e. The van der Waals surface area contributed by atoms with Crippen LogP contribution in [0.2, 0.25) is 0 Å². The Morgan fingerprint density at radius 2 is 1.78 bits per heavy atom. The van der Waals surface area contributed by atoms with Gasteiger partial charge in [0.2, 0.25) is 0 Å². The average molecular weight is 371 g/mol. The van der Waals surface area contributed by atoms with Gasteiger partial charge in [0.15, 0.2) is 12.2 Å². The molecule has 3 aliphatic rings. The van der Waals surface area contributed by atoms with Crippen molar-refractivity contribution in [1.29, 1.82) is 0 Å². The van der Waals surface area contributed by atoms with E-state index in [0.29, 0.717) is 26.3 Å². The first kappa shape index (κ1) is 17.9. The normalized spacial score (nSPS) is 26.4. The zero-order chi connectivity index (χ0) is 19.0. The maximum absolute atomic E-state index is 12.9.